The summed E-state index contributed by atoms with van der Waals surface area (Å²) in [7, 11) is 0. The Kier molecular flexibility index (Phi) is 9.36. The maximum absolute atomic E-state index is 4.62. The molecule has 3 aliphatic rings. The summed E-state index contributed by atoms with van der Waals surface area (Å²) in [5, 5.41) is 0. The van der Waals surface area contributed by atoms with Gasteiger partial charge in [0.25, 0.3) is 0 Å². The third-order valence-corrected chi connectivity index (χ3v) is 14.6. The van der Waals surface area contributed by atoms with Crippen molar-refractivity contribution in [1.29, 1.82) is 0 Å². The number of hydrogen-bond donors (Lipinski definition) is 0. The Morgan fingerprint density at radius 3 is 1.61 bits per heavy atom. The molecule has 0 saturated heterocycles. The predicted molar refractivity (Wildman–Crippen MR) is 278 cm³/mol. The van der Waals surface area contributed by atoms with Gasteiger partial charge in [0.1, 0.15) is 0 Å². The second-order valence-corrected chi connectivity index (χ2v) is 18.5. The average molecular weight is 844 g/mol. The Hall–Kier alpha value is -8.00. The zero-order valence-electron chi connectivity index (χ0n) is 37.4. The van der Waals surface area contributed by atoms with Crippen molar-refractivity contribution in [2.45, 2.75) is 31.1 Å². The molecule has 314 valence electrons. The molecule has 0 aromatic heterocycles. The molecule has 0 aliphatic heterocycles. The van der Waals surface area contributed by atoms with Gasteiger partial charge in [0, 0.05) is 22.5 Å². The van der Waals surface area contributed by atoms with E-state index in [-0.39, 0.29) is 5.41 Å². The van der Waals surface area contributed by atoms with E-state index in [1.54, 1.807) is 0 Å². The number of nitrogens with zero attached hydrogens (tertiary/aromatic N) is 1. The van der Waals surface area contributed by atoms with E-state index >= 15 is 0 Å². The number of benzene rings is 9. The second kappa shape index (κ2) is 15.6. The van der Waals surface area contributed by atoms with Crippen LogP contribution in [-0.2, 0) is 17.3 Å². The van der Waals surface area contributed by atoms with E-state index < -0.39 is 5.41 Å². The molecular weight excluding hydrogens is 795 g/mol. The second-order valence-electron chi connectivity index (χ2n) is 18.5. The van der Waals surface area contributed by atoms with E-state index in [1.807, 2.05) is 0 Å². The molecule has 66 heavy (non-hydrogen) atoms. The molecule has 0 bridgehead atoms. The minimum atomic E-state index is -0.465. The minimum absolute atomic E-state index is 0.114. The van der Waals surface area contributed by atoms with Crippen molar-refractivity contribution in [3.8, 4) is 33.4 Å². The highest BCUT2D eigenvalue weighted by molar-refractivity contribution is 5.94. The van der Waals surface area contributed by atoms with Crippen molar-refractivity contribution in [2.75, 3.05) is 4.90 Å². The van der Waals surface area contributed by atoms with Crippen LogP contribution in [-0.4, -0.2) is 0 Å². The normalized spacial score (nSPS) is 16.0. The number of fused-ring (bicyclic) bond motifs is 8. The van der Waals surface area contributed by atoms with E-state index in [0.717, 1.165) is 29.1 Å². The number of anilines is 3. The van der Waals surface area contributed by atoms with Crippen LogP contribution in [0.15, 0.2) is 243 Å². The molecule has 1 nitrogen and oxygen atoms in total. The highest BCUT2D eigenvalue weighted by atomic mass is 15.1. The van der Waals surface area contributed by atoms with E-state index in [9.17, 15) is 0 Å². The Morgan fingerprint density at radius 2 is 0.939 bits per heavy atom. The maximum atomic E-state index is 4.62. The van der Waals surface area contributed by atoms with E-state index in [0.29, 0.717) is 0 Å². The molecule has 0 N–H and O–H groups in total. The van der Waals surface area contributed by atoms with Crippen LogP contribution < -0.4 is 4.90 Å². The molecular formula is C65H49N. The summed E-state index contributed by atoms with van der Waals surface area (Å²) in [4.78, 5) is 2.42. The van der Waals surface area contributed by atoms with Crippen molar-refractivity contribution < 1.29 is 0 Å². The van der Waals surface area contributed by atoms with Crippen LogP contribution in [0.1, 0.15) is 63.9 Å². The van der Waals surface area contributed by atoms with Gasteiger partial charge in [-0.25, -0.2) is 0 Å². The van der Waals surface area contributed by atoms with Gasteiger partial charge in [-0.1, -0.05) is 221 Å². The first kappa shape index (κ1) is 39.6. The Morgan fingerprint density at radius 1 is 0.424 bits per heavy atom. The van der Waals surface area contributed by atoms with Crippen LogP contribution in [0.2, 0.25) is 0 Å². The lowest BCUT2D eigenvalue weighted by Gasteiger charge is -2.34. The molecule has 0 heterocycles. The zero-order chi connectivity index (χ0) is 44.4. The smallest absolute Gasteiger partial charge is 0.0713 e. The van der Waals surface area contributed by atoms with E-state index in [2.05, 4.69) is 262 Å². The lowest BCUT2D eigenvalue weighted by molar-refractivity contribution is 0.660. The monoisotopic (exact) mass is 843 g/mol. The number of hydrogen-bond acceptors (Lipinski definition) is 1. The maximum Gasteiger partial charge on any atom is 0.0713 e. The fourth-order valence-electron chi connectivity index (χ4n) is 11.4. The lowest BCUT2D eigenvalue weighted by atomic mass is 9.67. The lowest BCUT2D eigenvalue weighted by Crippen LogP contribution is -2.28. The first-order valence-corrected chi connectivity index (χ1v) is 23.2. The van der Waals surface area contributed by atoms with Gasteiger partial charge in [-0.3, -0.25) is 0 Å². The van der Waals surface area contributed by atoms with Crippen LogP contribution in [0.4, 0.5) is 17.1 Å². The topological polar surface area (TPSA) is 3.24 Å². The summed E-state index contributed by atoms with van der Waals surface area (Å²) < 4.78 is 0. The number of rotatable bonds is 7. The Bertz CT molecular complexity index is 3350. The SMILES string of the molecule is C=C1/C=C\C=C(\c2ccc(N(c3ccc(-c4ccccc4)cc3)c3ccc4c(c3)C(C)(C)c3ccccc3-4)cc2)Cc2c1ccc1c2-c2ccccc2C1(c1ccccc1)c1ccccc1. The van der Waals surface area contributed by atoms with Gasteiger partial charge in [0.15, 0.2) is 0 Å². The van der Waals surface area contributed by atoms with E-state index in [4.69, 9.17) is 0 Å². The van der Waals surface area contributed by atoms with Gasteiger partial charge in [0.05, 0.1) is 5.41 Å². The largest absolute Gasteiger partial charge is 0.310 e. The molecule has 1 heteroatoms. The molecule has 9 aromatic rings. The minimum Gasteiger partial charge on any atom is -0.310 e. The molecule has 9 aromatic carbocycles. The molecule has 0 spiro atoms. The van der Waals surface area contributed by atoms with Crippen LogP contribution >= 0.6 is 0 Å². The van der Waals surface area contributed by atoms with Gasteiger partial charge in [-0.2, -0.15) is 0 Å². The van der Waals surface area contributed by atoms with Gasteiger partial charge in [0.2, 0.25) is 0 Å². The van der Waals surface area contributed by atoms with Gasteiger partial charge in [-0.05, 0) is 137 Å². The fourth-order valence-corrected chi connectivity index (χ4v) is 11.4. The van der Waals surface area contributed by atoms with Crippen molar-refractivity contribution in [3.63, 3.8) is 0 Å². The third kappa shape index (κ3) is 6.15. The Balaban J connectivity index is 0.971. The molecule has 0 radical (unpaired) electrons. The Labute approximate surface area is 389 Å². The summed E-state index contributed by atoms with van der Waals surface area (Å²) >= 11 is 0. The summed E-state index contributed by atoms with van der Waals surface area (Å²) in [6, 6.07) is 80.8. The summed E-state index contributed by atoms with van der Waals surface area (Å²) in [5.41, 5.74) is 24.4. The third-order valence-electron chi connectivity index (χ3n) is 14.6. The number of allylic oxidation sites excluding steroid dienone is 5. The molecule has 3 aliphatic carbocycles. The fraction of sp³-hybridized carbons (Fsp3) is 0.0769. The summed E-state index contributed by atoms with van der Waals surface area (Å²) in [6.07, 6.45) is 7.42. The molecule has 0 saturated carbocycles. The van der Waals surface area contributed by atoms with Crippen molar-refractivity contribution in [1.82, 2.24) is 0 Å². The van der Waals surface area contributed by atoms with Crippen LogP contribution in [0, 0.1) is 0 Å². The predicted octanol–water partition coefficient (Wildman–Crippen LogP) is 16.7. The van der Waals surface area contributed by atoms with Crippen molar-refractivity contribution >= 4 is 28.2 Å². The highest BCUT2D eigenvalue weighted by Gasteiger charge is 2.47. The summed E-state index contributed by atoms with van der Waals surface area (Å²) in [5.74, 6) is 0. The molecule has 0 unspecified atom stereocenters. The van der Waals surface area contributed by atoms with Crippen LogP contribution in [0.5, 0.6) is 0 Å². The molecule has 0 amide bonds. The van der Waals surface area contributed by atoms with Crippen LogP contribution in [0.25, 0.3) is 44.5 Å². The molecule has 0 fully saturated rings. The van der Waals surface area contributed by atoms with Crippen molar-refractivity contribution in [3.05, 3.63) is 293 Å². The van der Waals surface area contributed by atoms with Gasteiger partial charge >= 0.3 is 0 Å². The highest BCUT2D eigenvalue weighted by Crippen LogP contribution is 2.58. The van der Waals surface area contributed by atoms with Crippen molar-refractivity contribution in [2.24, 2.45) is 0 Å². The van der Waals surface area contributed by atoms with Gasteiger partial charge < -0.3 is 4.90 Å². The average Bonchev–Trinajstić information content (AvgIpc) is 3.80. The van der Waals surface area contributed by atoms with E-state index in [1.165, 1.54) is 89.0 Å². The first-order valence-electron chi connectivity index (χ1n) is 23.2. The summed E-state index contributed by atoms with van der Waals surface area (Å²) in [6.45, 7) is 9.34. The first-order chi connectivity index (χ1) is 32.4. The van der Waals surface area contributed by atoms with Crippen LogP contribution in [0.3, 0.4) is 0 Å². The molecule has 0 atom stereocenters. The standard InChI is InChI=1S/C65H49N/c1-44-18-17-21-48(42-58-54(44)40-41-61-63(58)57-27-14-16-29-60(57)65(61,49-22-9-5-10-23-49)50-24-11-6-12-25-50)47-32-36-52(37-33-47)66(51-34-30-46(31-35-51)45-19-7-4-8-20-45)53-38-39-56-55-26-13-15-28-59(55)64(2,3)62(56)43-53/h4-41,43H,1,42H2,2-3H3/b18-17-,48-21+. The zero-order valence-corrected chi connectivity index (χ0v) is 37.4. The molecule has 12 rings (SSSR count). The quantitative estimate of drug-likeness (QED) is 0.154. The van der Waals surface area contributed by atoms with Gasteiger partial charge in [-0.15, -0.1) is 0 Å².